The number of aromatic nitrogens is 2. The van der Waals surface area contributed by atoms with Crippen molar-refractivity contribution in [3.63, 3.8) is 0 Å². The number of nitrogens with zero attached hydrogens (tertiary/aromatic N) is 3. The second-order valence-electron chi connectivity index (χ2n) is 5.62. The molecule has 2 amide bonds. The van der Waals surface area contributed by atoms with Gasteiger partial charge in [0.1, 0.15) is 6.04 Å². The molecule has 0 aliphatic carbocycles. The van der Waals surface area contributed by atoms with Gasteiger partial charge in [-0.3, -0.25) is 9.59 Å². The number of benzene rings is 1. The molecule has 0 saturated carbocycles. The Morgan fingerprint density at radius 2 is 1.92 bits per heavy atom. The van der Waals surface area contributed by atoms with Crippen LogP contribution in [-0.4, -0.2) is 56.7 Å². The topological polar surface area (TPSA) is 105 Å². The zero-order chi connectivity index (χ0) is 19.3. The zero-order valence-electron chi connectivity index (χ0n) is 14.3. The molecule has 0 bridgehead atoms. The first-order valence-electron chi connectivity index (χ1n) is 7.89. The van der Waals surface area contributed by atoms with Gasteiger partial charge in [0, 0.05) is 31.2 Å². The third-order valence-corrected chi connectivity index (χ3v) is 3.96. The number of amides is 2. The van der Waals surface area contributed by atoms with Gasteiger partial charge in [0.15, 0.2) is 5.69 Å². The van der Waals surface area contributed by atoms with Crippen LogP contribution in [0.5, 0.6) is 0 Å². The van der Waals surface area contributed by atoms with E-state index in [1.165, 1.54) is 24.6 Å². The fraction of sp³-hybridized carbons (Fsp3) is 0.294. The molecular formula is C17H19ClN4O4. The molecular weight excluding hydrogens is 360 g/mol. The molecule has 2 N–H and O–H groups in total. The third-order valence-electron chi connectivity index (χ3n) is 3.71. The summed E-state index contributed by atoms with van der Waals surface area (Å²) < 4.78 is 1.50. The van der Waals surface area contributed by atoms with Gasteiger partial charge in [-0.05, 0) is 37.3 Å². The van der Waals surface area contributed by atoms with Crippen LogP contribution in [0.2, 0.25) is 5.02 Å². The highest BCUT2D eigenvalue weighted by atomic mass is 35.5. The highest BCUT2D eigenvalue weighted by Gasteiger charge is 2.27. The average molecular weight is 379 g/mol. The Hall–Kier alpha value is -2.87. The Kier molecular flexibility index (Phi) is 6.35. The first-order valence-corrected chi connectivity index (χ1v) is 8.27. The van der Waals surface area contributed by atoms with Gasteiger partial charge >= 0.3 is 5.97 Å². The Morgan fingerprint density at radius 3 is 2.50 bits per heavy atom. The number of aliphatic carboxylic acids is 1. The van der Waals surface area contributed by atoms with Crippen molar-refractivity contribution >= 4 is 29.4 Å². The normalized spacial score (nSPS) is 11.7. The fourth-order valence-corrected chi connectivity index (χ4v) is 2.41. The van der Waals surface area contributed by atoms with Crippen LogP contribution in [0.15, 0.2) is 36.5 Å². The third kappa shape index (κ3) is 4.82. The van der Waals surface area contributed by atoms with Crippen LogP contribution in [0.25, 0.3) is 5.69 Å². The minimum atomic E-state index is -1.14. The van der Waals surface area contributed by atoms with Gasteiger partial charge in [-0.15, -0.1) is 0 Å². The van der Waals surface area contributed by atoms with Crippen LogP contribution in [0.4, 0.5) is 0 Å². The summed E-state index contributed by atoms with van der Waals surface area (Å²) in [6.07, 6.45) is 1.61. The smallest absolute Gasteiger partial charge is 0.326 e. The van der Waals surface area contributed by atoms with Crippen LogP contribution < -0.4 is 5.32 Å². The van der Waals surface area contributed by atoms with Gasteiger partial charge in [0.2, 0.25) is 5.91 Å². The lowest BCUT2D eigenvalue weighted by Gasteiger charge is -2.25. The number of carboxylic acids is 1. The molecule has 2 aromatic rings. The monoisotopic (exact) mass is 378 g/mol. The molecule has 0 spiro atoms. The predicted molar refractivity (Wildman–Crippen MR) is 95.4 cm³/mol. The Balaban J connectivity index is 2.20. The van der Waals surface area contributed by atoms with Crippen molar-refractivity contribution < 1.29 is 19.5 Å². The van der Waals surface area contributed by atoms with Crippen molar-refractivity contribution in [2.24, 2.45) is 0 Å². The summed E-state index contributed by atoms with van der Waals surface area (Å²) in [6.45, 7) is 2.96. The van der Waals surface area contributed by atoms with Crippen molar-refractivity contribution in [2.75, 3.05) is 13.1 Å². The largest absolute Gasteiger partial charge is 0.480 e. The predicted octanol–water partition coefficient (Wildman–Crippen LogP) is 1.58. The highest BCUT2D eigenvalue weighted by molar-refractivity contribution is 6.30. The van der Waals surface area contributed by atoms with Crippen molar-refractivity contribution in [3.8, 4) is 5.69 Å². The Labute approximate surface area is 155 Å². The van der Waals surface area contributed by atoms with E-state index >= 15 is 0 Å². The first kappa shape index (κ1) is 19.5. The van der Waals surface area contributed by atoms with Gasteiger partial charge in [-0.2, -0.15) is 5.10 Å². The SMILES string of the molecule is CC(=O)NCCN(C(=O)c1ccn(-c2ccc(Cl)cc2)n1)C(C)C(=O)O. The average Bonchev–Trinajstić information content (AvgIpc) is 3.08. The molecule has 0 aliphatic heterocycles. The van der Waals surface area contributed by atoms with Gasteiger partial charge in [-0.25, -0.2) is 9.48 Å². The summed E-state index contributed by atoms with van der Waals surface area (Å²) in [6, 6.07) is 7.35. The van der Waals surface area contributed by atoms with Crippen LogP contribution in [0.1, 0.15) is 24.3 Å². The quantitative estimate of drug-likeness (QED) is 0.761. The van der Waals surface area contributed by atoms with E-state index in [4.69, 9.17) is 11.6 Å². The molecule has 1 aromatic heterocycles. The molecule has 1 aromatic carbocycles. The minimum Gasteiger partial charge on any atom is -0.480 e. The van der Waals surface area contributed by atoms with E-state index in [-0.39, 0.29) is 24.7 Å². The van der Waals surface area contributed by atoms with E-state index in [9.17, 15) is 19.5 Å². The van der Waals surface area contributed by atoms with Crippen molar-refractivity contribution in [3.05, 3.63) is 47.2 Å². The van der Waals surface area contributed by atoms with Crippen LogP contribution in [0, 0.1) is 0 Å². The summed E-state index contributed by atoms with van der Waals surface area (Å²) in [5.41, 5.74) is 0.820. The lowest BCUT2D eigenvalue weighted by Crippen LogP contribution is -2.46. The van der Waals surface area contributed by atoms with Crippen LogP contribution in [0.3, 0.4) is 0 Å². The number of hydrogen-bond donors (Lipinski definition) is 2. The molecule has 26 heavy (non-hydrogen) atoms. The second-order valence-corrected chi connectivity index (χ2v) is 6.05. The fourth-order valence-electron chi connectivity index (χ4n) is 2.28. The van der Waals surface area contributed by atoms with Gasteiger partial charge in [0.25, 0.3) is 5.91 Å². The van der Waals surface area contributed by atoms with Crippen molar-refractivity contribution in [1.82, 2.24) is 20.0 Å². The van der Waals surface area contributed by atoms with Gasteiger partial charge in [-0.1, -0.05) is 11.6 Å². The molecule has 1 heterocycles. The molecule has 0 radical (unpaired) electrons. The number of nitrogens with one attached hydrogen (secondary N) is 1. The van der Waals surface area contributed by atoms with E-state index in [0.29, 0.717) is 10.7 Å². The van der Waals surface area contributed by atoms with Crippen molar-refractivity contribution in [1.29, 1.82) is 0 Å². The lowest BCUT2D eigenvalue weighted by atomic mass is 10.2. The van der Waals surface area contributed by atoms with Crippen LogP contribution >= 0.6 is 11.6 Å². The van der Waals surface area contributed by atoms with E-state index in [1.54, 1.807) is 30.5 Å². The summed E-state index contributed by atoms with van der Waals surface area (Å²) in [5, 5.41) is 16.6. The first-order chi connectivity index (χ1) is 12.3. The summed E-state index contributed by atoms with van der Waals surface area (Å²) in [7, 11) is 0. The Morgan fingerprint density at radius 1 is 1.27 bits per heavy atom. The summed E-state index contributed by atoms with van der Waals surface area (Å²) in [5.74, 6) is -1.93. The number of halogens is 1. The maximum Gasteiger partial charge on any atom is 0.326 e. The maximum atomic E-state index is 12.7. The Bertz CT molecular complexity index is 803. The van der Waals surface area contributed by atoms with Crippen LogP contribution in [-0.2, 0) is 9.59 Å². The minimum absolute atomic E-state index is 0.0552. The molecule has 0 fully saturated rings. The molecule has 1 atom stereocenters. The highest BCUT2D eigenvalue weighted by Crippen LogP contribution is 2.14. The van der Waals surface area contributed by atoms with E-state index in [2.05, 4.69) is 10.4 Å². The van der Waals surface area contributed by atoms with E-state index in [0.717, 1.165) is 4.90 Å². The lowest BCUT2D eigenvalue weighted by molar-refractivity contribution is -0.141. The van der Waals surface area contributed by atoms with Gasteiger partial charge < -0.3 is 15.3 Å². The molecule has 2 rings (SSSR count). The molecule has 8 nitrogen and oxygen atoms in total. The molecule has 138 valence electrons. The molecule has 0 saturated heterocycles. The summed E-state index contributed by atoms with van der Waals surface area (Å²) >= 11 is 5.86. The molecule has 0 aliphatic rings. The van der Waals surface area contributed by atoms with E-state index in [1.807, 2.05) is 0 Å². The second kappa shape index (κ2) is 8.48. The number of hydrogen-bond acceptors (Lipinski definition) is 4. The number of carbonyl (C=O) groups is 3. The van der Waals surface area contributed by atoms with Crippen molar-refractivity contribution in [2.45, 2.75) is 19.9 Å². The number of rotatable bonds is 7. The molecule has 1 unspecified atom stereocenters. The number of carboxylic acid groups (broad SMARTS) is 1. The zero-order valence-corrected chi connectivity index (χ0v) is 15.1. The molecule has 9 heteroatoms. The van der Waals surface area contributed by atoms with Gasteiger partial charge in [0.05, 0.1) is 5.69 Å². The maximum absolute atomic E-state index is 12.7. The van der Waals surface area contributed by atoms with E-state index < -0.39 is 17.9 Å². The standard InChI is InChI=1S/C17H19ClN4O4/c1-11(17(25)26)21(10-8-19-12(2)23)16(24)15-7-9-22(20-15)14-5-3-13(18)4-6-14/h3-7,9,11H,8,10H2,1-2H3,(H,19,23)(H,25,26). The number of carbonyl (C=O) groups excluding carboxylic acids is 2. The summed E-state index contributed by atoms with van der Waals surface area (Å²) in [4.78, 5) is 36.2.